The number of aryl methyl sites for hydroxylation is 4. The predicted octanol–water partition coefficient (Wildman–Crippen LogP) is 2.67. The molecule has 0 saturated heterocycles. The summed E-state index contributed by atoms with van der Waals surface area (Å²) in [6.07, 6.45) is 5.89. The molecule has 0 fully saturated rings. The minimum absolute atomic E-state index is 0.102. The molecule has 2 aromatic rings. The Kier molecular flexibility index (Phi) is 3.82. The Bertz CT molecular complexity index is 528. The molecule has 3 heteroatoms. The van der Waals surface area contributed by atoms with Gasteiger partial charge in [0.25, 0.3) is 0 Å². The predicted molar refractivity (Wildman–Crippen MR) is 74.4 cm³/mol. The first kappa shape index (κ1) is 12.8. The Morgan fingerprint density at radius 2 is 2.11 bits per heavy atom. The van der Waals surface area contributed by atoms with Gasteiger partial charge in [-0.2, -0.15) is 5.10 Å². The van der Waals surface area contributed by atoms with Crippen molar-refractivity contribution >= 4 is 0 Å². The molecule has 1 aromatic heterocycles. The maximum atomic E-state index is 6.29. The second kappa shape index (κ2) is 5.36. The summed E-state index contributed by atoms with van der Waals surface area (Å²) in [6.45, 7) is 4.23. The number of nitrogens with two attached hydrogens (primary N) is 1. The zero-order valence-corrected chi connectivity index (χ0v) is 11.4. The quantitative estimate of drug-likeness (QED) is 0.897. The molecule has 3 nitrogen and oxygen atoms in total. The van der Waals surface area contributed by atoms with Crippen LogP contribution in [0.4, 0.5) is 0 Å². The summed E-state index contributed by atoms with van der Waals surface area (Å²) in [4.78, 5) is 0. The molecular weight excluding hydrogens is 222 g/mol. The third-order valence-electron chi connectivity index (χ3n) is 3.34. The highest BCUT2D eigenvalue weighted by Gasteiger charge is 2.09. The minimum Gasteiger partial charge on any atom is -0.324 e. The van der Waals surface area contributed by atoms with Crippen molar-refractivity contribution in [3.63, 3.8) is 0 Å². The van der Waals surface area contributed by atoms with E-state index in [9.17, 15) is 0 Å². The van der Waals surface area contributed by atoms with E-state index in [1.165, 1.54) is 22.3 Å². The Morgan fingerprint density at radius 3 is 2.78 bits per heavy atom. The molecule has 1 heterocycles. The Labute approximate surface area is 109 Å². The smallest absolute Gasteiger partial charge is 0.0521 e. The normalized spacial score (nSPS) is 12.7. The van der Waals surface area contributed by atoms with Gasteiger partial charge in [-0.25, -0.2) is 0 Å². The van der Waals surface area contributed by atoms with E-state index in [0.717, 1.165) is 12.8 Å². The third kappa shape index (κ3) is 2.99. The fourth-order valence-electron chi connectivity index (χ4n) is 2.24. The van der Waals surface area contributed by atoms with Crippen molar-refractivity contribution in [3.05, 3.63) is 52.8 Å². The average Bonchev–Trinajstić information content (AvgIpc) is 2.75. The van der Waals surface area contributed by atoms with Crippen molar-refractivity contribution in [3.8, 4) is 0 Å². The van der Waals surface area contributed by atoms with Gasteiger partial charge in [0, 0.05) is 19.3 Å². The molecule has 0 aliphatic rings. The fraction of sp³-hybridized carbons (Fsp3) is 0.400. The van der Waals surface area contributed by atoms with Crippen LogP contribution in [0.3, 0.4) is 0 Å². The standard InChI is InChI=1S/C15H21N3/c1-11-4-5-12(2)14(8-11)15(16)7-6-13-9-17-18(3)10-13/h4-5,8-10,15H,6-7,16H2,1-3H3. The molecule has 1 aromatic carbocycles. The fourth-order valence-corrected chi connectivity index (χ4v) is 2.24. The molecule has 2 rings (SSSR count). The molecule has 0 amide bonds. The van der Waals surface area contributed by atoms with Crippen LogP contribution in [0.2, 0.25) is 0 Å². The number of aromatic nitrogens is 2. The van der Waals surface area contributed by atoms with Gasteiger partial charge in [0.1, 0.15) is 0 Å². The lowest BCUT2D eigenvalue weighted by Gasteiger charge is -2.15. The van der Waals surface area contributed by atoms with Crippen molar-refractivity contribution in [2.45, 2.75) is 32.7 Å². The maximum absolute atomic E-state index is 6.29. The average molecular weight is 243 g/mol. The lowest BCUT2D eigenvalue weighted by molar-refractivity contribution is 0.647. The summed E-state index contributed by atoms with van der Waals surface area (Å²) in [5.41, 5.74) is 11.4. The molecular formula is C15H21N3. The van der Waals surface area contributed by atoms with Crippen LogP contribution < -0.4 is 5.73 Å². The van der Waals surface area contributed by atoms with Gasteiger partial charge >= 0.3 is 0 Å². The maximum Gasteiger partial charge on any atom is 0.0521 e. The van der Waals surface area contributed by atoms with Gasteiger partial charge in [-0.1, -0.05) is 23.8 Å². The summed E-state index contributed by atoms with van der Waals surface area (Å²) in [6, 6.07) is 6.58. The van der Waals surface area contributed by atoms with Crippen LogP contribution in [0.15, 0.2) is 30.6 Å². The monoisotopic (exact) mass is 243 g/mol. The number of nitrogens with zero attached hydrogens (tertiary/aromatic N) is 2. The van der Waals surface area contributed by atoms with E-state index in [0.29, 0.717) is 0 Å². The zero-order chi connectivity index (χ0) is 13.1. The van der Waals surface area contributed by atoms with Gasteiger partial charge in [0.05, 0.1) is 6.20 Å². The van der Waals surface area contributed by atoms with Gasteiger partial charge in [0.15, 0.2) is 0 Å². The second-order valence-corrected chi connectivity index (χ2v) is 5.03. The summed E-state index contributed by atoms with van der Waals surface area (Å²) in [7, 11) is 1.94. The molecule has 0 saturated carbocycles. The lowest BCUT2D eigenvalue weighted by Crippen LogP contribution is -2.13. The Balaban J connectivity index is 2.03. The molecule has 0 bridgehead atoms. The van der Waals surface area contributed by atoms with E-state index < -0.39 is 0 Å². The van der Waals surface area contributed by atoms with Crippen LogP contribution in [0, 0.1) is 13.8 Å². The van der Waals surface area contributed by atoms with E-state index in [1.54, 1.807) is 0 Å². The van der Waals surface area contributed by atoms with Crippen molar-refractivity contribution in [2.75, 3.05) is 0 Å². The molecule has 96 valence electrons. The highest BCUT2D eigenvalue weighted by Crippen LogP contribution is 2.21. The van der Waals surface area contributed by atoms with E-state index in [-0.39, 0.29) is 6.04 Å². The number of benzene rings is 1. The SMILES string of the molecule is Cc1ccc(C)c(C(N)CCc2cnn(C)c2)c1. The summed E-state index contributed by atoms with van der Waals surface area (Å²) in [5, 5.41) is 4.17. The van der Waals surface area contributed by atoms with Gasteiger partial charge in [-0.05, 0) is 43.4 Å². The summed E-state index contributed by atoms with van der Waals surface area (Å²) >= 11 is 0. The molecule has 1 unspecified atom stereocenters. The van der Waals surface area contributed by atoms with E-state index >= 15 is 0 Å². The summed E-state index contributed by atoms with van der Waals surface area (Å²) < 4.78 is 1.83. The van der Waals surface area contributed by atoms with E-state index in [1.807, 2.05) is 17.9 Å². The first-order valence-electron chi connectivity index (χ1n) is 6.36. The number of rotatable bonds is 4. The van der Waals surface area contributed by atoms with Crippen LogP contribution in [0.5, 0.6) is 0 Å². The van der Waals surface area contributed by atoms with Crippen molar-refractivity contribution in [2.24, 2.45) is 12.8 Å². The van der Waals surface area contributed by atoms with Gasteiger partial charge < -0.3 is 5.73 Å². The molecule has 1 atom stereocenters. The molecule has 0 aliphatic heterocycles. The van der Waals surface area contributed by atoms with Crippen molar-refractivity contribution < 1.29 is 0 Å². The highest BCUT2D eigenvalue weighted by molar-refractivity contribution is 5.32. The van der Waals surface area contributed by atoms with Gasteiger partial charge in [-0.3, -0.25) is 4.68 Å². The lowest BCUT2D eigenvalue weighted by atomic mass is 9.95. The van der Waals surface area contributed by atoms with Crippen molar-refractivity contribution in [1.82, 2.24) is 9.78 Å². The molecule has 0 aliphatic carbocycles. The first-order chi connectivity index (χ1) is 8.56. The summed E-state index contributed by atoms with van der Waals surface area (Å²) in [5.74, 6) is 0. The van der Waals surface area contributed by atoms with Crippen LogP contribution in [0.25, 0.3) is 0 Å². The van der Waals surface area contributed by atoms with Gasteiger partial charge in [0.2, 0.25) is 0 Å². The van der Waals surface area contributed by atoms with Gasteiger partial charge in [-0.15, -0.1) is 0 Å². The van der Waals surface area contributed by atoms with E-state index in [2.05, 4.69) is 43.3 Å². The second-order valence-electron chi connectivity index (χ2n) is 5.03. The first-order valence-corrected chi connectivity index (χ1v) is 6.36. The van der Waals surface area contributed by atoms with Crippen LogP contribution in [0.1, 0.15) is 34.7 Å². The molecule has 2 N–H and O–H groups in total. The Morgan fingerprint density at radius 1 is 1.33 bits per heavy atom. The van der Waals surface area contributed by atoms with E-state index in [4.69, 9.17) is 5.73 Å². The largest absolute Gasteiger partial charge is 0.324 e. The van der Waals surface area contributed by atoms with Crippen LogP contribution in [-0.4, -0.2) is 9.78 Å². The molecule has 0 radical (unpaired) electrons. The Hall–Kier alpha value is -1.61. The minimum atomic E-state index is 0.102. The van der Waals surface area contributed by atoms with Crippen molar-refractivity contribution in [1.29, 1.82) is 0 Å². The highest BCUT2D eigenvalue weighted by atomic mass is 15.2. The molecule has 18 heavy (non-hydrogen) atoms. The topological polar surface area (TPSA) is 43.8 Å². The zero-order valence-electron chi connectivity index (χ0n) is 11.4. The van der Waals surface area contributed by atoms with Crippen LogP contribution in [-0.2, 0) is 13.5 Å². The number of hydrogen-bond donors (Lipinski definition) is 1. The third-order valence-corrected chi connectivity index (χ3v) is 3.34. The number of hydrogen-bond acceptors (Lipinski definition) is 2. The molecule has 0 spiro atoms. The van der Waals surface area contributed by atoms with Crippen LogP contribution >= 0.6 is 0 Å².